The lowest BCUT2D eigenvalue weighted by Gasteiger charge is -2.32. The highest BCUT2D eigenvalue weighted by Gasteiger charge is 2.22. The Bertz CT molecular complexity index is 804. The number of imidazole rings is 1. The number of benzene rings is 1. The summed E-state index contributed by atoms with van der Waals surface area (Å²) in [5, 5.41) is 3.08. The molecule has 2 aliphatic rings. The van der Waals surface area contributed by atoms with E-state index in [1.807, 2.05) is 12.5 Å². The van der Waals surface area contributed by atoms with Gasteiger partial charge in [-0.05, 0) is 50.4 Å². The maximum absolute atomic E-state index is 12.5. The molecule has 0 aliphatic carbocycles. The molecule has 1 fully saturated rings. The Hall–Kier alpha value is -2.54. The summed E-state index contributed by atoms with van der Waals surface area (Å²) in [7, 11) is 0. The molecule has 27 heavy (non-hydrogen) atoms. The van der Waals surface area contributed by atoms with E-state index < -0.39 is 0 Å². The first kappa shape index (κ1) is 17.9. The molecule has 144 valence electrons. The Morgan fingerprint density at radius 2 is 2.22 bits per heavy atom. The van der Waals surface area contributed by atoms with E-state index in [1.54, 1.807) is 18.2 Å². The van der Waals surface area contributed by atoms with Crippen molar-refractivity contribution in [2.45, 2.75) is 32.9 Å². The summed E-state index contributed by atoms with van der Waals surface area (Å²) in [6, 6.07) is 5.31. The molecule has 0 spiro atoms. The molecule has 2 aromatic rings. The molecule has 1 aromatic heterocycles. The number of piperidine rings is 1. The molecule has 1 N–H and O–H groups in total. The number of nitrogens with one attached hydrogen (secondary N) is 1. The first-order valence-corrected chi connectivity index (χ1v) is 9.62. The summed E-state index contributed by atoms with van der Waals surface area (Å²) in [6.45, 7) is 7.00. The third kappa shape index (κ3) is 4.08. The maximum atomic E-state index is 12.5. The van der Waals surface area contributed by atoms with E-state index in [1.165, 1.54) is 5.69 Å². The van der Waals surface area contributed by atoms with Crippen molar-refractivity contribution in [3.05, 3.63) is 42.0 Å². The van der Waals surface area contributed by atoms with Crippen LogP contribution >= 0.6 is 0 Å². The molecule has 0 bridgehead atoms. The molecular weight excluding hydrogens is 344 g/mol. The van der Waals surface area contributed by atoms with Gasteiger partial charge in [-0.15, -0.1) is 0 Å². The van der Waals surface area contributed by atoms with Crippen molar-refractivity contribution in [2.24, 2.45) is 5.92 Å². The van der Waals surface area contributed by atoms with E-state index in [0.29, 0.717) is 29.5 Å². The Morgan fingerprint density at radius 3 is 3.11 bits per heavy atom. The van der Waals surface area contributed by atoms with Crippen molar-refractivity contribution < 1.29 is 14.3 Å². The minimum atomic E-state index is -0.0607. The normalized spacial score (nSPS) is 19.2. The number of hydrogen-bond acceptors (Lipinski definition) is 5. The van der Waals surface area contributed by atoms with Gasteiger partial charge >= 0.3 is 0 Å². The van der Waals surface area contributed by atoms with Gasteiger partial charge < -0.3 is 19.4 Å². The summed E-state index contributed by atoms with van der Waals surface area (Å²) in [4.78, 5) is 19.2. The minimum Gasteiger partial charge on any atom is -0.454 e. The average Bonchev–Trinajstić information content (AvgIpc) is 3.34. The fourth-order valence-electron chi connectivity index (χ4n) is 3.83. The SMILES string of the molecule is CCn1cncc1CN1CCC[C@@H](CNC(=O)c2ccc3c(c2)OCO3)C1. The molecule has 2 aliphatic heterocycles. The molecule has 0 unspecified atom stereocenters. The average molecular weight is 370 g/mol. The highest BCUT2D eigenvalue weighted by atomic mass is 16.7. The lowest BCUT2D eigenvalue weighted by atomic mass is 9.97. The van der Waals surface area contributed by atoms with Gasteiger partial charge in [-0.3, -0.25) is 9.69 Å². The quantitative estimate of drug-likeness (QED) is 0.845. The fraction of sp³-hybridized carbons (Fsp3) is 0.500. The molecule has 7 nitrogen and oxygen atoms in total. The molecule has 0 saturated carbocycles. The smallest absolute Gasteiger partial charge is 0.251 e. The van der Waals surface area contributed by atoms with Crippen LogP contribution in [-0.4, -0.2) is 46.8 Å². The molecule has 7 heteroatoms. The van der Waals surface area contributed by atoms with Crippen LogP contribution in [0.2, 0.25) is 0 Å². The number of hydrogen-bond donors (Lipinski definition) is 1. The zero-order valence-corrected chi connectivity index (χ0v) is 15.7. The number of fused-ring (bicyclic) bond motifs is 1. The molecule has 4 rings (SSSR count). The van der Waals surface area contributed by atoms with Crippen molar-refractivity contribution in [1.29, 1.82) is 0 Å². The largest absolute Gasteiger partial charge is 0.454 e. The molecule has 1 atom stereocenters. The van der Waals surface area contributed by atoms with Gasteiger partial charge in [-0.2, -0.15) is 0 Å². The number of rotatable bonds is 6. The number of amides is 1. The number of aromatic nitrogens is 2. The summed E-state index contributed by atoms with van der Waals surface area (Å²) >= 11 is 0. The van der Waals surface area contributed by atoms with Crippen LogP contribution in [0.4, 0.5) is 0 Å². The molecule has 0 radical (unpaired) electrons. The van der Waals surface area contributed by atoms with Crippen LogP contribution in [0.25, 0.3) is 0 Å². The third-order valence-electron chi connectivity index (χ3n) is 5.31. The van der Waals surface area contributed by atoms with E-state index in [9.17, 15) is 4.79 Å². The van der Waals surface area contributed by atoms with Crippen molar-refractivity contribution >= 4 is 5.91 Å². The van der Waals surface area contributed by atoms with Gasteiger partial charge in [0.25, 0.3) is 5.91 Å². The van der Waals surface area contributed by atoms with Gasteiger partial charge in [0, 0.05) is 37.9 Å². The van der Waals surface area contributed by atoms with Crippen molar-refractivity contribution in [2.75, 3.05) is 26.4 Å². The Balaban J connectivity index is 1.29. The predicted molar refractivity (Wildman–Crippen MR) is 101 cm³/mol. The second-order valence-electron chi connectivity index (χ2n) is 7.19. The van der Waals surface area contributed by atoms with Crippen LogP contribution in [0.15, 0.2) is 30.7 Å². The van der Waals surface area contributed by atoms with E-state index in [-0.39, 0.29) is 12.7 Å². The van der Waals surface area contributed by atoms with Crippen LogP contribution in [-0.2, 0) is 13.1 Å². The van der Waals surface area contributed by atoms with E-state index in [2.05, 4.69) is 26.7 Å². The number of carbonyl (C=O) groups excluding carboxylic acids is 1. The number of nitrogens with zero attached hydrogens (tertiary/aromatic N) is 3. The van der Waals surface area contributed by atoms with Crippen LogP contribution in [0.5, 0.6) is 11.5 Å². The van der Waals surface area contributed by atoms with Gasteiger partial charge in [0.15, 0.2) is 11.5 Å². The number of aryl methyl sites for hydroxylation is 1. The first-order valence-electron chi connectivity index (χ1n) is 9.62. The fourth-order valence-corrected chi connectivity index (χ4v) is 3.83. The zero-order valence-electron chi connectivity index (χ0n) is 15.7. The second kappa shape index (κ2) is 8.00. The van der Waals surface area contributed by atoms with Crippen molar-refractivity contribution in [3.63, 3.8) is 0 Å². The van der Waals surface area contributed by atoms with Gasteiger partial charge in [0.2, 0.25) is 6.79 Å². The van der Waals surface area contributed by atoms with Crippen molar-refractivity contribution in [1.82, 2.24) is 19.8 Å². The van der Waals surface area contributed by atoms with Crippen LogP contribution in [0, 0.1) is 5.92 Å². The highest BCUT2D eigenvalue weighted by molar-refractivity contribution is 5.94. The monoisotopic (exact) mass is 370 g/mol. The van der Waals surface area contributed by atoms with Gasteiger partial charge in [-0.25, -0.2) is 4.98 Å². The minimum absolute atomic E-state index is 0.0607. The summed E-state index contributed by atoms with van der Waals surface area (Å²) in [5.41, 5.74) is 1.86. The van der Waals surface area contributed by atoms with Crippen LogP contribution < -0.4 is 14.8 Å². The summed E-state index contributed by atoms with van der Waals surface area (Å²) in [5.74, 6) is 1.74. The van der Waals surface area contributed by atoms with Crippen LogP contribution in [0.1, 0.15) is 35.8 Å². The van der Waals surface area contributed by atoms with Gasteiger partial charge in [-0.1, -0.05) is 0 Å². The lowest BCUT2D eigenvalue weighted by Crippen LogP contribution is -2.40. The second-order valence-corrected chi connectivity index (χ2v) is 7.19. The first-order chi connectivity index (χ1) is 13.2. The van der Waals surface area contributed by atoms with E-state index in [0.717, 1.165) is 39.0 Å². The third-order valence-corrected chi connectivity index (χ3v) is 5.31. The number of ether oxygens (including phenoxy) is 2. The number of likely N-dealkylation sites (tertiary alicyclic amines) is 1. The summed E-state index contributed by atoms with van der Waals surface area (Å²) in [6.07, 6.45) is 6.15. The van der Waals surface area contributed by atoms with Gasteiger partial charge in [0.1, 0.15) is 0 Å². The molecular formula is C20H26N4O3. The maximum Gasteiger partial charge on any atom is 0.251 e. The van der Waals surface area contributed by atoms with E-state index >= 15 is 0 Å². The lowest BCUT2D eigenvalue weighted by molar-refractivity contribution is 0.0929. The standard InChI is InChI=1S/C20H26N4O3/c1-2-24-13-21-10-17(24)12-23-7-3-4-15(11-23)9-22-20(25)16-5-6-18-19(8-16)27-14-26-18/h5-6,8,10,13,15H,2-4,7,9,11-12,14H2,1H3,(H,22,25)/t15-/m0/s1. The van der Waals surface area contributed by atoms with E-state index in [4.69, 9.17) is 9.47 Å². The Morgan fingerprint density at radius 1 is 1.33 bits per heavy atom. The molecule has 1 amide bonds. The summed E-state index contributed by atoms with van der Waals surface area (Å²) < 4.78 is 12.8. The number of carbonyl (C=O) groups is 1. The Labute approximate surface area is 159 Å². The predicted octanol–water partition coefficient (Wildman–Crippen LogP) is 2.27. The molecule has 1 saturated heterocycles. The topological polar surface area (TPSA) is 68.6 Å². The highest BCUT2D eigenvalue weighted by Crippen LogP contribution is 2.32. The van der Waals surface area contributed by atoms with Gasteiger partial charge in [0.05, 0.1) is 12.0 Å². The Kier molecular flexibility index (Phi) is 5.29. The van der Waals surface area contributed by atoms with Crippen LogP contribution in [0.3, 0.4) is 0 Å². The zero-order chi connectivity index (χ0) is 18.6. The molecule has 3 heterocycles. The molecule has 1 aromatic carbocycles. The van der Waals surface area contributed by atoms with Crippen molar-refractivity contribution in [3.8, 4) is 11.5 Å².